The highest BCUT2D eigenvalue weighted by atomic mass is 32.2. The van der Waals surface area contributed by atoms with Crippen LogP contribution in [0, 0.1) is 0 Å². The Kier molecular flexibility index (Phi) is 3.56. The molecule has 2 aromatic rings. The Balaban J connectivity index is 1.51. The topological polar surface area (TPSA) is 21.3 Å². The minimum atomic E-state index is 0.150. The number of nitrogens with one attached hydrogen (secondary N) is 1. The third-order valence-corrected chi connectivity index (χ3v) is 5.90. The number of hydrogen-bond donors (Lipinski definition) is 1. The fourth-order valence-corrected chi connectivity index (χ4v) is 4.91. The lowest BCUT2D eigenvalue weighted by atomic mass is 9.89. The molecule has 0 aromatic heterocycles. The van der Waals surface area contributed by atoms with Gasteiger partial charge in [0.25, 0.3) is 0 Å². The summed E-state index contributed by atoms with van der Waals surface area (Å²) < 4.78 is 6.10. The summed E-state index contributed by atoms with van der Waals surface area (Å²) in [7, 11) is 0. The predicted octanol–water partition coefficient (Wildman–Crippen LogP) is 4.31. The van der Waals surface area contributed by atoms with Crippen LogP contribution in [0.3, 0.4) is 0 Å². The third-order valence-electron chi connectivity index (χ3n) is 4.68. The van der Waals surface area contributed by atoms with Crippen molar-refractivity contribution in [3.8, 4) is 0 Å². The van der Waals surface area contributed by atoms with Gasteiger partial charge in [-0.1, -0.05) is 30.3 Å². The van der Waals surface area contributed by atoms with Crippen LogP contribution in [0.25, 0.3) is 10.8 Å². The number of benzene rings is 2. The van der Waals surface area contributed by atoms with E-state index in [0.29, 0.717) is 6.04 Å². The van der Waals surface area contributed by atoms with E-state index in [1.165, 1.54) is 34.4 Å². The van der Waals surface area contributed by atoms with Crippen LogP contribution in [-0.4, -0.2) is 29.8 Å². The maximum atomic E-state index is 6.10. The first-order valence-corrected chi connectivity index (χ1v) is 8.96. The van der Waals surface area contributed by atoms with Crippen LogP contribution in [0.1, 0.15) is 19.3 Å². The quantitative estimate of drug-likeness (QED) is 0.893. The summed E-state index contributed by atoms with van der Waals surface area (Å²) in [6.45, 7) is 0.895. The van der Waals surface area contributed by atoms with E-state index in [4.69, 9.17) is 4.74 Å². The SMILES string of the molecule is c1ccc2cc(NC3CCOC4(CCSC4)C3)ccc2c1. The maximum absolute atomic E-state index is 6.10. The number of thioether (sulfide) groups is 1. The van der Waals surface area contributed by atoms with Gasteiger partial charge in [0, 0.05) is 24.1 Å². The van der Waals surface area contributed by atoms with Crippen LogP contribution >= 0.6 is 11.8 Å². The molecular formula is C18H21NOS. The fourth-order valence-electron chi connectivity index (χ4n) is 3.53. The molecule has 21 heavy (non-hydrogen) atoms. The molecule has 0 saturated carbocycles. The van der Waals surface area contributed by atoms with Gasteiger partial charge < -0.3 is 10.1 Å². The molecule has 2 fully saturated rings. The number of ether oxygens (including phenoxy) is 1. The van der Waals surface area contributed by atoms with Crippen LogP contribution in [0.4, 0.5) is 5.69 Å². The van der Waals surface area contributed by atoms with Gasteiger partial charge in [-0.3, -0.25) is 0 Å². The molecule has 2 aromatic carbocycles. The van der Waals surface area contributed by atoms with Crippen LogP contribution in [0.15, 0.2) is 42.5 Å². The van der Waals surface area contributed by atoms with E-state index >= 15 is 0 Å². The molecule has 1 N–H and O–H groups in total. The Bertz CT molecular complexity index is 636. The van der Waals surface area contributed by atoms with Crippen molar-refractivity contribution in [2.24, 2.45) is 0 Å². The zero-order chi connectivity index (χ0) is 14.1. The molecule has 3 heteroatoms. The molecule has 2 unspecified atom stereocenters. The largest absolute Gasteiger partial charge is 0.382 e. The van der Waals surface area contributed by atoms with Gasteiger partial charge in [-0.05, 0) is 47.9 Å². The van der Waals surface area contributed by atoms with Crippen molar-refractivity contribution in [2.45, 2.75) is 30.9 Å². The van der Waals surface area contributed by atoms with Gasteiger partial charge in [-0.25, -0.2) is 0 Å². The normalized spacial score (nSPS) is 29.0. The van der Waals surface area contributed by atoms with Gasteiger partial charge in [0.1, 0.15) is 0 Å². The van der Waals surface area contributed by atoms with Crippen molar-refractivity contribution >= 4 is 28.2 Å². The summed E-state index contributed by atoms with van der Waals surface area (Å²) in [5, 5.41) is 6.35. The molecule has 2 aliphatic heterocycles. The molecule has 1 spiro atoms. The molecule has 2 nitrogen and oxygen atoms in total. The highest BCUT2D eigenvalue weighted by Crippen LogP contribution is 2.39. The zero-order valence-corrected chi connectivity index (χ0v) is 13.0. The number of rotatable bonds is 2. The molecule has 0 bridgehead atoms. The summed E-state index contributed by atoms with van der Waals surface area (Å²) >= 11 is 2.04. The predicted molar refractivity (Wildman–Crippen MR) is 91.2 cm³/mol. The first-order valence-electron chi connectivity index (χ1n) is 7.80. The summed E-state index contributed by atoms with van der Waals surface area (Å²) in [4.78, 5) is 0. The molecule has 0 aliphatic carbocycles. The van der Waals surface area contributed by atoms with Crippen LogP contribution in [0.2, 0.25) is 0 Å². The van der Waals surface area contributed by atoms with Crippen molar-refractivity contribution in [2.75, 3.05) is 23.4 Å². The molecule has 2 atom stereocenters. The number of anilines is 1. The van der Waals surface area contributed by atoms with Crippen molar-refractivity contribution in [1.82, 2.24) is 0 Å². The number of hydrogen-bond acceptors (Lipinski definition) is 3. The van der Waals surface area contributed by atoms with E-state index in [-0.39, 0.29) is 5.60 Å². The second-order valence-corrected chi connectivity index (χ2v) is 7.34. The van der Waals surface area contributed by atoms with Gasteiger partial charge in [-0.15, -0.1) is 0 Å². The molecule has 2 saturated heterocycles. The number of fused-ring (bicyclic) bond motifs is 1. The molecule has 2 aliphatic rings. The minimum Gasteiger partial charge on any atom is -0.382 e. The molecule has 110 valence electrons. The standard InChI is InChI=1S/C18H21NOS/c1-2-4-15-11-16(6-5-14(15)3-1)19-17-7-9-20-18(12-17)8-10-21-13-18/h1-6,11,17,19H,7-10,12-13H2. The fraction of sp³-hybridized carbons (Fsp3) is 0.444. The highest BCUT2D eigenvalue weighted by molar-refractivity contribution is 7.99. The molecule has 4 rings (SSSR count). The van der Waals surface area contributed by atoms with Crippen molar-refractivity contribution in [3.05, 3.63) is 42.5 Å². The van der Waals surface area contributed by atoms with E-state index in [1.807, 2.05) is 11.8 Å². The Labute approximate surface area is 130 Å². The third kappa shape index (κ3) is 2.77. The summed E-state index contributed by atoms with van der Waals surface area (Å²) in [5.74, 6) is 2.42. The molecule has 0 amide bonds. The molecule has 2 heterocycles. The van der Waals surface area contributed by atoms with Gasteiger partial charge in [0.15, 0.2) is 0 Å². The molecule has 0 radical (unpaired) electrons. The first-order chi connectivity index (χ1) is 10.3. The zero-order valence-electron chi connectivity index (χ0n) is 12.2. The lowest BCUT2D eigenvalue weighted by molar-refractivity contribution is -0.0628. The first kappa shape index (κ1) is 13.5. The second-order valence-electron chi connectivity index (χ2n) is 6.23. The van der Waals surface area contributed by atoms with Crippen molar-refractivity contribution in [3.63, 3.8) is 0 Å². The summed E-state index contributed by atoms with van der Waals surface area (Å²) in [5.41, 5.74) is 1.39. The van der Waals surface area contributed by atoms with Crippen LogP contribution < -0.4 is 5.32 Å². The van der Waals surface area contributed by atoms with Crippen LogP contribution in [0.5, 0.6) is 0 Å². The Morgan fingerprint density at radius 2 is 2.05 bits per heavy atom. The smallest absolute Gasteiger partial charge is 0.0799 e. The van der Waals surface area contributed by atoms with E-state index in [0.717, 1.165) is 19.4 Å². The van der Waals surface area contributed by atoms with Gasteiger partial charge in [0.05, 0.1) is 5.60 Å². The van der Waals surface area contributed by atoms with E-state index in [2.05, 4.69) is 47.8 Å². The minimum absolute atomic E-state index is 0.150. The lowest BCUT2D eigenvalue weighted by Gasteiger charge is -2.38. The second kappa shape index (κ2) is 5.54. The van der Waals surface area contributed by atoms with Gasteiger partial charge in [-0.2, -0.15) is 11.8 Å². The van der Waals surface area contributed by atoms with Crippen molar-refractivity contribution in [1.29, 1.82) is 0 Å². The highest BCUT2D eigenvalue weighted by Gasteiger charge is 2.40. The Hall–Kier alpha value is -1.19. The monoisotopic (exact) mass is 299 g/mol. The molecular weight excluding hydrogens is 278 g/mol. The Morgan fingerprint density at radius 1 is 1.14 bits per heavy atom. The van der Waals surface area contributed by atoms with E-state index in [9.17, 15) is 0 Å². The Morgan fingerprint density at radius 3 is 2.90 bits per heavy atom. The average molecular weight is 299 g/mol. The maximum Gasteiger partial charge on any atom is 0.0799 e. The van der Waals surface area contributed by atoms with E-state index < -0.39 is 0 Å². The average Bonchev–Trinajstić information content (AvgIpc) is 2.95. The van der Waals surface area contributed by atoms with E-state index in [1.54, 1.807) is 0 Å². The summed E-state index contributed by atoms with van der Waals surface area (Å²) in [6.07, 6.45) is 3.47. The van der Waals surface area contributed by atoms with Crippen molar-refractivity contribution < 1.29 is 4.74 Å². The summed E-state index contributed by atoms with van der Waals surface area (Å²) in [6, 6.07) is 15.8. The lowest BCUT2D eigenvalue weighted by Crippen LogP contribution is -2.44. The van der Waals surface area contributed by atoms with Gasteiger partial charge in [0.2, 0.25) is 0 Å². The van der Waals surface area contributed by atoms with Crippen LogP contribution in [-0.2, 0) is 4.74 Å². The van der Waals surface area contributed by atoms with Gasteiger partial charge >= 0.3 is 0 Å².